The monoisotopic (exact) mass is 404 g/mol. The Kier molecular flexibility index (Phi) is 6.04. The van der Waals surface area contributed by atoms with Gasteiger partial charge in [0, 0.05) is 17.0 Å². The molecule has 140 valence electrons. The molecule has 1 aromatic heterocycles. The second-order valence-electron chi connectivity index (χ2n) is 6.05. The van der Waals surface area contributed by atoms with Gasteiger partial charge in [-0.2, -0.15) is 0 Å². The van der Waals surface area contributed by atoms with E-state index >= 15 is 0 Å². The molecule has 0 aliphatic rings. The van der Waals surface area contributed by atoms with Crippen molar-refractivity contribution in [3.05, 3.63) is 64.3 Å². The molecule has 0 bridgehead atoms. The van der Waals surface area contributed by atoms with Gasteiger partial charge in [0.2, 0.25) is 5.91 Å². The number of halogens is 2. The van der Waals surface area contributed by atoms with Crippen molar-refractivity contribution in [2.24, 2.45) is 0 Å². The van der Waals surface area contributed by atoms with Crippen LogP contribution in [0.1, 0.15) is 23.9 Å². The fraction of sp³-hybridized carbons (Fsp3) is 0.200. The van der Waals surface area contributed by atoms with E-state index in [1.807, 2.05) is 25.1 Å². The van der Waals surface area contributed by atoms with Crippen LogP contribution in [0.25, 0.3) is 11.0 Å². The number of hydrogen-bond donors (Lipinski definition) is 1. The quantitative estimate of drug-likeness (QED) is 0.611. The standard InChI is InChI=1S/C20H18Cl2N2O3/c1-2-9-24(12-19(25)23-16-8-7-14(21)11-15(16)22)20(26)18-10-13-5-3-4-6-17(13)27-18/h3-8,10-11H,2,9,12H2,1H3,(H,23,25). The molecule has 0 saturated heterocycles. The summed E-state index contributed by atoms with van der Waals surface area (Å²) in [5, 5.41) is 4.36. The first kappa shape index (κ1) is 19.3. The minimum absolute atomic E-state index is 0.108. The number of rotatable bonds is 6. The number of carbonyl (C=O) groups excluding carboxylic acids is 2. The van der Waals surface area contributed by atoms with Crippen molar-refractivity contribution in [3.8, 4) is 0 Å². The summed E-state index contributed by atoms with van der Waals surface area (Å²) >= 11 is 11.9. The van der Waals surface area contributed by atoms with Crippen LogP contribution in [0, 0.1) is 0 Å². The smallest absolute Gasteiger partial charge is 0.290 e. The highest BCUT2D eigenvalue weighted by atomic mass is 35.5. The lowest BCUT2D eigenvalue weighted by atomic mass is 10.2. The predicted octanol–water partition coefficient (Wildman–Crippen LogP) is 5.23. The van der Waals surface area contributed by atoms with Crippen molar-refractivity contribution in [2.75, 3.05) is 18.4 Å². The lowest BCUT2D eigenvalue weighted by Crippen LogP contribution is -2.38. The van der Waals surface area contributed by atoms with E-state index in [0.29, 0.717) is 34.3 Å². The second kappa shape index (κ2) is 8.46. The van der Waals surface area contributed by atoms with Crippen LogP contribution in [0.5, 0.6) is 0 Å². The second-order valence-corrected chi connectivity index (χ2v) is 6.89. The van der Waals surface area contributed by atoms with Crippen LogP contribution in [-0.4, -0.2) is 29.8 Å². The van der Waals surface area contributed by atoms with Gasteiger partial charge in [-0.3, -0.25) is 9.59 Å². The molecule has 1 heterocycles. The number of amides is 2. The highest BCUT2D eigenvalue weighted by Crippen LogP contribution is 2.25. The van der Waals surface area contributed by atoms with Crippen LogP contribution in [0.3, 0.4) is 0 Å². The molecule has 0 fully saturated rings. The van der Waals surface area contributed by atoms with Crippen LogP contribution in [0.2, 0.25) is 10.0 Å². The molecule has 27 heavy (non-hydrogen) atoms. The van der Waals surface area contributed by atoms with Crippen LogP contribution in [0.4, 0.5) is 5.69 Å². The molecule has 2 aromatic carbocycles. The Morgan fingerprint density at radius 2 is 1.89 bits per heavy atom. The first-order valence-corrected chi connectivity index (χ1v) is 9.26. The summed E-state index contributed by atoms with van der Waals surface area (Å²) in [5.41, 5.74) is 1.08. The molecular formula is C20H18Cl2N2O3. The molecular weight excluding hydrogens is 387 g/mol. The Balaban J connectivity index is 1.74. The molecule has 5 nitrogen and oxygen atoms in total. The molecule has 3 rings (SSSR count). The van der Waals surface area contributed by atoms with Gasteiger partial charge in [-0.15, -0.1) is 0 Å². The molecule has 0 radical (unpaired) electrons. The summed E-state index contributed by atoms with van der Waals surface area (Å²) in [6, 6.07) is 13.9. The summed E-state index contributed by atoms with van der Waals surface area (Å²) in [5.74, 6) is -0.468. The molecule has 0 spiro atoms. The number of fused-ring (bicyclic) bond motifs is 1. The maximum atomic E-state index is 12.8. The van der Waals surface area contributed by atoms with Crippen molar-refractivity contribution in [2.45, 2.75) is 13.3 Å². The van der Waals surface area contributed by atoms with Crippen LogP contribution in [-0.2, 0) is 4.79 Å². The fourth-order valence-corrected chi connectivity index (χ4v) is 3.18. The molecule has 0 aliphatic heterocycles. The maximum Gasteiger partial charge on any atom is 0.290 e. The topological polar surface area (TPSA) is 62.6 Å². The third-order valence-electron chi connectivity index (χ3n) is 3.96. The van der Waals surface area contributed by atoms with E-state index in [9.17, 15) is 9.59 Å². The molecule has 0 atom stereocenters. The van der Waals surface area contributed by atoms with Crippen molar-refractivity contribution < 1.29 is 14.0 Å². The molecule has 0 aliphatic carbocycles. The summed E-state index contributed by atoms with van der Waals surface area (Å²) < 4.78 is 5.63. The SMILES string of the molecule is CCCN(CC(=O)Nc1ccc(Cl)cc1Cl)C(=O)c1cc2ccccc2o1. The van der Waals surface area contributed by atoms with Gasteiger partial charge >= 0.3 is 0 Å². The Morgan fingerprint density at radius 1 is 1.11 bits per heavy atom. The molecule has 3 aromatic rings. The van der Waals surface area contributed by atoms with E-state index in [-0.39, 0.29) is 24.1 Å². The molecule has 0 unspecified atom stereocenters. The highest BCUT2D eigenvalue weighted by molar-refractivity contribution is 6.36. The van der Waals surface area contributed by atoms with Gasteiger partial charge < -0.3 is 14.6 Å². The number of anilines is 1. The highest BCUT2D eigenvalue weighted by Gasteiger charge is 2.22. The predicted molar refractivity (Wildman–Crippen MR) is 108 cm³/mol. The van der Waals surface area contributed by atoms with Gasteiger partial charge in [-0.25, -0.2) is 0 Å². The lowest BCUT2D eigenvalue weighted by Gasteiger charge is -2.20. The lowest BCUT2D eigenvalue weighted by molar-refractivity contribution is -0.116. The zero-order valence-corrected chi connectivity index (χ0v) is 16.2. The normalized spacial score (nSPS) is 10.8. The number of para-hydroxylation sites is 1. The van der Waals surface area contributed by atoms with Gasteiger partial charge in [0.05, 0.1) is 10.7 Å². The number of nitrogens with zero attached hydrogens (tertiary/aromatic N) is 1. The Morgan fingerprint density at radius 3 is 2.59 bits per heavy atom. The first-order valence-electron chi connectivity index (χ1n) is 8.50. The van der Waals surface area contributed by atoms with Gasteiger partial charge in [0.25, 0.3) is 5.91 Å². The summed E-state index contributed by atoms with van der Waals surface area (Å²) in [6.07, 6.45) is 0.709. The zero-order valence-electron chi connectivity index (χ0n) is 14.7. The van der Waals surface area contributed by atoms with Crippen LogP contribution in [0.15, 0.2) is 52.9 Å². The average molecular weight is 405 g/mol. The van der Waals surface area contributed by atoms with E-state index in [4.69, 9.17) is 27.6 Å². The van der Waals surface area contributed by atoms with E-state index in [1.54, 1.807) is 30.3 Å². The van der Waals surface area contributed by atoms with Crippen molar-refractivity contribution >= 4 is 51.7 Å². The fourth-order valence-electron chi connectivity index (χ4n) is 2.72. The molecule has 2 amide bonds. The summed E-state index contributed by atoms with van der Waals surface area (Å²) in [6.45, 7) is 2.26. The maximum absolute atomic E-state index is 12.8. The Labute approximate surface area is 166 Å². The van der Waals surface area contributed by atoms with Crippen LogP contribution >= 0.6 is 23.2 Å². The largest absolute Gasteiger partial charge is 0.451 e. The van der Waals surface area contributed by atoms with Crippen molar-refractivity contribution in [1.82, 2.24) is 4.90 Å². The van der Waals surface area contributed by atoms with E-state index in [0.717, 1.165) is 5.39 Å². The molecule has 0 saturated carbocycles. The van der Waals surface area contributed by atoms with Gasteiger partial charge in [-0.05, 0) is 36.8 Å². The number of benzene rings is 2. The van der Waals surface area contributed by atoms with E-state index in [2.05, 4.69) is 5.32 Å². The van der Waals surface area contributed by atoms with Crippen molar-refractivity contribution in [3.63, 3.8) is 0 Å². The minimum Gasteiger partial charge on any atom is -0.451 e. The number of carbonyl (C=O) groups is 2. The molecule has 1 N–H and O–H groups in total. The van der Waals surface area contributed by atoms with E-state index in [1.165, 1.54) is 4.90 Å². The van der Waals surface area contributed by atoms with Gasteiger partial charge in [0.15, 0.2) is 5.76 Å². The third kappa shape index (κ3) is 4.62. The first-order chi connectivity index (χ1) is 13.0. The Bertz CT molecular complexity index is 951. The third-order valence-corrected chi connectivity index (χ3v) is 4.50. The Hall–Kier alpha value is -2.50. The summed E-state index contributed by atoms with van der Waals surface area (Å²) in [7, 11) is 0. The van der Waals surface area contributed by atoms with E-state index < -0.39 is 0 Å². The van der Waals surface area contributed by atoms with Gasteiger partial charge in [-0.1, -0.05) is 48.3 Å². The zero-order chi connectivity index (χ0) is 19.4. The number of furan rings is 1. The summed E-state index contributed by atoms with van der Waals surface area (Å²) in [4.78, 5) is 26.7. The molecule has 7 heteroatoms. The van der Waals surface area contributed by atoms with Crippen LogP contribution < -0.4 is 5.32 Å². The van der Waals surface area contributed by atoms with Crippen molar-refractivity contribution in [1.29, 1.82) is 0 Å². The van der Waals surface area contributed by atoms with Gasteiger partial charge in [0.1, 0.15) is 12.1 Å². The number of hydrogen-bond acceptors (Lipinski definition) is 3. The average Bonchev–Trinajstić information content (AvgIpc) is 3.07. The number of nitrogens with one attached hydrogen (secondary N) is 1. The minimum atomic E-state index is -0.350.